The Morgan fingerprint density at radius 3 is 2.19 bits per heavy atom. The zero-order valence-electron chi connectivity index (χ0n) is 18.9. The van der Waals surface area contributed by atoms with E-state index in [9.17, 15) is 9.90 Å². The molecule has 0 aliphatic carbocycles. The summed E-state index contributed by atoms with van der Waals surface area (Å²) in [6.45, 7) is 8.39. The summed E-state index contributed by atoms with van der Waals surface area (Å²) in [6.07, 6.45) is 1.26. The van der Waals surface area contributed by atoms with Crippen LogP contribution in [0.5, 0.6) is 0 Å². The highest BCUT2D eigenvalue weighted by Gasteiger charge is 2.13. The average molecular weight is 417 g/mol. The van der Waals surface area contributed by atoms with Gasteiger partial charge in [-0.1, -0.05) is 80.1 Å². The number of carbonyl (C=O) groups excluding carboxylic acids is 1. The van der Waals surface area contributed by atoms with Crippen LogP contribution in [-0.2, 0) is 22.4 Å². The Hall–Kier alpha value is -2.91. The fraction of sp³-hybridized carbons (Fsp3) is 0.321. The number of aliphatic hydroxyl groups is 1. The van der Waals surface area contributed by atoms with Crippen molar-refractivity contribution in [1.29, 1.82) is 0 Å². The van der Waals surface area contributed by atoms with Gasteiger partial charge in [-0.2, -0.15) is 0 Å². The molecule has 3 aromatic carbocycles. The smallest absolute Gasteiger partial charge is 0.308 e. The molecular formula is C28H32O3. The van der Waals surface area contributed by atoms with E-state index in [0.29, 0.717) is 19.4 Å². The van der Waals surface area contributed by atoms with Gasteiger partial charge < -0.3 is 9.84 Å². The van der Waals surface area contributed by atoms with E-state index < -0.39 is 0 Å². The van der Waals surface area contributed by atoms with Crippen LogP contribution in [0.3, 0.4) is 0 Å². The Morgan fingerprint density at radius 1 is 0.871 bits per heavy atom. The topological polar surface area (TPSA) is 46.5 Å². The van der Waals surface area contributed by atoms with Crippen LogP contribution in [0, 0.1) is 19.8 Å². The van der Waals surface area contributed by atoms with Gasteiger partial charge in [-0.3, -0.25) is 4.79 Å². The standard InChI is InChI=1S/C28H32O3/c1-19(2)28(30)31-16-14-25-18-22(13-15-29)7-11-27(25)26-12-10-24(17-21(26)4)23-8-5-20(3)6-9-23/h5-12,17-19,29H,13-16H2,1-4H3. The number of aliphatic hydroxyl groups excluding tert-OH is 1. The molecule has 0 heterocycles. The maximum Gasteiger partial charge on any atom is 0.308 e. The molecule has 3 nitrogen and oxygen atoms in total. The van der Waals surface area contributed by atoms with Crippen molar-refractivity contribution in [2.45, 2.75) is 40.5 Å². The molecule has 0 aliphatic heterocycles. The number of esters is 1. The lowest BCUT2D eigenvalue weighted by Crippen LogP contribution is -2.14. The Balaban J connectivity index is 1.91. The molecule has 3 heteroatoms. The Kier molecular flexibility index (Phi) is 7.64. The first-order chi connectivity index (χ1) is 14.9. The van der Waals surface area contributed by atoms with Crippen molar-refractivity contribution in [3.63, 3.8) is 0 Å². The summed E-state index contributed by atoms with van der Waals surface area (Å²) in [5, 5.41) is 9.34. The lowest BCUT2D eigenvalue weighted by atomic mass is 9.90. The van der Waals surface area contributed by atoms with Gasteiger partial charge in [0.05, 0.1) is 12.5 Å². The van der Waals surface area contributed by atoms with Gasteiger partial charge >= 0.3 is 5.97 Å². The van der Waals surface area contributed by atoms with E-state index in [2.05, 4.69) is 74.5 Å². The van der Waals surface area contributed by atoms with Crippen LogP contribution in [0.15, 0.2) is 60.7 Å². The highest BCUT2D eigenvalue weighted by Crippen LogP contribution is 2.32. The number of carbonyl (C=O) groups is 1. The van der Waals surface area contributed by atoms with E-state index in [1.165, 1.54) is 27.8 Å². The summed E-state index contributed by atoms with van der Waals surface area (Å²) in [5.41, 5.74) is 9.41. The van der Waals surface area contributed by atoms with Crippen molar-refractivity contribution in [2.75, 3.05) is 13.2 Å². The number of hydrogen-bond acceptors (Lipinski definition) is 3. The van der Waals surface area contributed by atoms with Gasteiger partial charge in [0.15, 0.2) is 0 Å². The normalized spacial score (nSPS) is 11.0. The summed E-state index contributed by atoms with van der Waals surface area (Å²) in [7, 11) is 0. The van der Waals surface area contributed by atoms with Crippen molar-refractivity contribution in [3.05, 3.63) is 82.9 Å². The molecule has 0 saturated heterocycles. The number of ether oxygens (including phenoxy) is 1. The largest absolute Gasteiger partial charge is 0.465 e. The van der Waals surface area contributed by atoms with Crippen molar-refractivity contribution in [1.82, 2.24) is 0 Å². The van der Waals surface area contributed by atoms with E-state index >= 15 is 0 Å². The molecule has 0 radical (unpaired) electrons. The van der Waals surface area contributed by atoms with Crippen LogP contribution in [0.1, 0.15) is 36.1 Å². The van der Waals surface area contributed by atoms with Gasteiger partial charge in [0.25, 0.3) is 0 Å². The predicted octanol–water partition coefficient (Wildman–Crippen LogP) is 5.91. The van der Waals surface area contributed by atoms with Gasteiger partial charge in [-0.15, -0.1) is 0 Å². The number of benzene rings is 3. The molecule has 3 rings (SSSR count). The quantitative estimate of drug-likeness (QED) is 0.464. The van der Waals surface area contributed by atoms with E-state index in [4.69, 9.17) is 4.74 Å². The van der Waals surface area contributed by atoms with Crippen LogP contribution < -0.4 is 0 Å². The fourth-order valence-corrected chi connectivity index (χ4v) is 3.72. The van der Waals surface area contributed by atoms with Crippen LogP contribution in [0.2, 0.25) is 0 Å². The molecule has 0 fully saturated rings. The van der Waals surface area contributed by atoms with Crippen LogP contribution in [-0.4, -0.2) is 24.3 Å². The monoisotopic (exact) mass is 416 g/mol. The fourth-order valence-electron chi connectivity index (χ4n) is 3.72. The maximum absolute atomic E-state index is 11.8. The first-order valence-corrected chi connectivity index (χ1v) is 11.0. The third-order valence-electron chi connectivity index (χ3n) is 5.56. The zero-order valence-corrected chi connectivity index (χ0v) is 18.9. The van der Waals surface area contributed by atoms with Crippen LogP contribution in [0.25, 0.3) is 22.3 Å². The van der Waals surface area contributed by atoms with Gasteiger partial charge in [-0.05, 0) is 59.2 Å². The summed E-state index contributed by atoms with van der Waals surface area (Å²) in [6, 6.07) is 21.5. The lowest BCUT2D eigenvalue weighted by Gasteiger charge is -2.16. The molecule has 0 saturated carbocycles. The Morgan fingerprint density at radius 2 is 1.55 bits per heavy atom. The third-order valence-corrected chi connectivity index (χ3v) is 5.56. The first-order valence-electron chi connectivity index (χ1n) is 11.0. The summed E-state index contributed by atoms with van der Waals surface area (Å²) in [5.74, 6) is -0.302. The zero-order chi connectivity index (χ0) is 22.4. The SMILES string of the molecule is Cc1ccc(-c2ccc(-c3ccc(CCO)cc3CCOC(=O)C(C)C)c(C)c2)cc1. The van der Waals surface area contributed by atoms with E-state index in [1.807, 2.05) is 13.8 Å². The average Bonchev–Trinajstić information content (AvgIpc) is 2.75. The van der Waals surface area contributed by atoms with Crippen LogP contribution in [0.4, 0.5) is 0 Å². The second kappa shape index (κ2) is 10.4. The van der Waals surface area contributed by atoms with Crippen molar-refractivity contribution < 1.29 is 14.6 Å². The summed E-state index contributed by atoms with van der Waals surface area (Å²) in [4.78, 5) is 11.8. The summed E-state index contributed by atoms with van der Waals surface area (Å²) < 4.78 is 5.43. The molecule has 0 spiro atoms. The minimum Gasteiger partial charge on any atom is -0.465 e. The Labute approximate surface area is 185 Å². The molecule has 3 aromatic rings. The predicted molar refractivity (Wildman–Crippen MR) is 127 cm³/mol. The van der Waals surface area contributed by atoms with Crippen molar-refractivity contribution in [3.8, 4) is 22.3 Å². The highest BCUT2D eigenvalue weighted by atomic mass is 16.5. The molecule has 31 heavy (non-hydrogen) atoms. The van der Waals surface area contributed by atoms with Gasteiger partial charge in [0.1, 0.15) is 0 Å². The van der Waals surface area contributed by atoms with E-state index in [1.54, 1.807) is 0 Å². The van der Waals surface area contributed by atoms with Crippen molar-refractivity contribution >= 4 is 5.97 Å². The molecule has 0 bridgehead atoms. The molecule has 162 valence electrons. The Bertz CT molecular complexity index is 1030. The number of aryl methyl sites for hydroxylation is 2. The molecule has 0 aliphatic rings. The molecule has 0 aromatic heterocycles. The highest BCUT2D eigenvalue weighted by molar-refractivity contribution is 5.76. The molecule has 0 amide bonds. The molecule has 0 unspecified atom stereocenters. The van der Waals surface area contributed by atoms with E-state index in [0.717, 1.165) is 16.7 Å². The summed E-state index contributed by atoms with van der Waals surface area (Å²) >= 11 is 0. The minimum absolute atomic E-state index is 0.116. The van der Waals surface area contributed by atoms with Gasteiger partial charge in [0, 0.05) is 13.0 Å². The van der Waals surface area contributed by atoms with Gasteiger partial charge in [-0.25, -0.2) is 0 Å². The third kappa shape index (κ3) is 5.83. The molecule has 1 N–H and O–H groups in total. The first kappa shape index (κ1) is 22.8. The van der Waals surface area contributed by atoms with Crippen LogP contribution >= 0.6 is 0 Å². The second-order valence-electron chi connectivity index (χ2n) is 8.43. The molecule has 0 atom stereocenters. The number of hydrogen-bond donors (Lipinski definition) is 1. The van der Waals surface area contributed by atoms with E-state index in [-0.39, 0.29) is 18.5 Å². The minimum atomic E-state index is -0.174. The molecular weight excluding hydrogens is 384 g/mol. The maximum atomic E-state index is 11.8. The second-order valence-corrected chi connectivity index (χ2v) is 8.43. The lowest BCUT2D eigenvalue weighted by molar-refractivity contribution is -0.147. The van der Waals surface area contributed by atoms with Crippen molar-refractivity contribution in [2.24, 2.45) is 5.92 Å². The van der Waals surface area contributed by atoms with Gasteiger partial charge in [0.2, 0.25) is 0 Å². The number of rotatable bonds is 8.